The number of ether oxygens (including phenoxy) is 1. The molecule has 1 fully saturated rings. The van der Waals surface area contributed by atoms with Crippen molar-refractivity contribution in [2.75, 3.05) is 12.0 Å². The Balaban J connectivity index is 1.70. The van der Waals surface area contributed by atoms with Gasteiger partial charge in [-0.15, -0.1) is 10.2 Å². The fraction of sp³-hybridized carbons (Fsp3) is 0.400. The maximum atomic E-state index is 11.8. The van der Waals surface area contributed by atoms with Crippen LogP contribution in [0, 0.1) is 0 Å². The molecule has 1 aliphatic carbocycles. The zero-order valence-electron chi connectivity index (χ0n) is 12.8. The van der Waals surface area contributed by atoms with Gasteiger partial charge in [-0.3, -0.25) is 9.69 Å². The van der Waals surface area contributed by atoms with Gasteiger partial charge in [-0.2, -0.15) is 0 Å². The normalized spacial score (nSPS) is 13.9. The molecule has 0 saturated heterocycles. The third kappa shape index (κ3) is 3.97. The van der Waals surface area contributed by atoms with Crippen molar-refractivity contribution in [3.05, 3.63) is 28.8 Å². The molecule has 0 bridgehead atoms. The highest BCUT2D eigenvalue weighted by Crippen LogP contribution is 2.37. The number of anilines is 1. The largest absolute Gasteiger partial charge is 0.496 e. The Bertz CT molecular complexity index is 718. The highest BCUT2D eigenvalue weighted by atomic mass is 35.5. The van der Waals surface area contributed by atoms with Gasteiger partial charge in [-0.1, -0.05) is 34.7 Å². The molecule has 1 aromatic carbocycles. The van der Waals surface area contributed by atoms with Crippen LogP contribution in [0.25, 0.3) is 0 Å². The van der Waals surface area contributed by atoms with Gasteiger partial charge in [0.25, 0.3) is 0 Å². The third-order valence-corrected chi connectivity index (χ3v) is 5.79. The summed E-state index contributed by atoms with van der Waals surface area (Å²) in [5.74, 6) is 1.51. The molecule has 0 spiro atoms. The summed E-state index contributed by atoms with van der Waals surface area (Å²) in [7, 11) is 1.64. The summed E-state index contributed by atoms with van der Waals surface area (Å²) in [6.07, 6.45) is 2.09. The zero-order chi connectivity index (χ0) is 16.4. The van der Waals surface area contributed by atoms with Crippen LogP contribution in [-0.2, 0) is 10.5 Å². The van der Waals surface area contributed by atoms with E-state index in [1.54, 1.807) is 36.8 Å². The molecule has 0 atom stereocenters. The highest BCUT2D eigenvalue weighted by molar-refractivity contribution is 8.00. The molecule has 23 heavy (non-hydrogen) atoms. The van der Waals surface area contributed by atoms with E-state index in [1.807, 2.05) is 12.1 Å². The van der Waals surface area contributed by atoms with Gasteiger partial charge >= 0.3 is 0 Å². The van der Waals surface area contributed by atoms with E-state index in [-0.39, 0.29) is 5.91 Å². The quantitative estimate of drug-likeness (QED) is 0.568. The summed E-state index contributed by atoms with van der Waals surface area (Å²) >= 11 is 9.05. The molecule has 0 aliphatic heterocycles. The monoisotopic (exact) mass is 369 g/mol. The molecular weight excluding hydrogens is 354 g/mol. The Hall–Kier alpha value is -1.31. The number of aromatic nitrogens is 2. The molecule has 8 heteroatoms. The second-order valence-corrected chi connectivity index (χ2v) is 7.83. The smallest absolute Gasteiger partial charge is 0.225 e. The first kappa shape index (κ1) is 16.5. The molecule has 0 unspecified atom stereocenters. The lowest BCUT2D eigenvalue weighted by atomic mass is 10.2. The van der Waals surface area contributed by atoms with Crippen LogP contribution in [0.3, 0.4) is 0 Å². The maximum absolute atomic E-state index is 11.8. The van der Waals surface area contributed by atoms with Crippen molar-refractivity contribution in [2.45, 2.75) is 35.9 Å². The number of amides is 1. The van der Waals surface area contributed by atoms with Crippen LogP contribution >= 0.6 is 34.7 Å². The van der Waals surface area contributed by atoms with Crippen LogP contribution in [0.5, 0.6) is 5.75 Å². The van der Waals surface area contributed by atoms with Gasteiger partial charge in [0.15, 0.2) is 4.34 Å². The lowest BCUT2D eigenvalue weighted by Crippen LogP contribution is -2.30. The van der Waals surface area contributed by atoms with Gasteiger partial charge < -0.3 is 4.74 Å². The van der Waals surface area contributed by atoms with Crippen molar-refractivity contribution in [2.24, 2.45) is 0 Å². The van der Waals surface area contributed by atoms with Crippen LogP contribution in [0.4, 0.5) is 5.13 Å². The number of methoxy groups -OCH3 is 1. The van der Waals surface area contributed by atoms with Crippen molar-refractivity contribution < 1.29 is 9.53 Å². The van der Waals surface area contributed by atoms with E-state index in [1.165, 1.54) is 11.3 Å². The van der Waals surface area contributed by atoms with Gasteiger partial charge in [-0.25, -0.2) is 0 Å². The summed E-state index contributed by atoms with van der Waals surface area (Å²) in [5, 5.41) is 9.71. The maximum Gasteiger partial charge on any atom is 0.225 e. The first-order chi connectivity index (χ1) is 11.1. The van der Waals surface area contributed by atoms with Gasteiger partial charge in [0.2, 0.25) is 11.0 Å². The van der Waals surface area contributed by atoms with Crippen molar-refractivity contribution >= 4 is 45.7 Å². The number of halogens is 1. The average Bonchev–Trinajstić information content (AvgIpc) is 3.23. The van der Waals surface area contributed by atoms with Crippen LogP contribution < -0.4 is 9.64 Å². The van der Waals surface area contributed by atoms with Crippen LogP contribution in [-0.4, -0.2) is 29.3 Å². The molecule has 0 N–H and O–H groups in total. The van der Waals surface area contributed by atoms with Crippen molar-refractivity contribution in [1.29, 1.82) is 0 Å². The molecule has 1 saturated carbocycles. The van der Waals surface area contributed by atoms with E-state index in [4.69, 9.17) is 16.3 Å². The van der Waals surface area contributed by atoms with Crippen LogP contribution in [0.1, 0.15) is 25.3 Å². The summed E-state index contributed by atoms with van der Waals surface area (Å²) in [4.78, 5) is 13.5. The van der Waals surface area contributed by atoms with E-state index in [9.17, 15) is 4.79 Å². The molecule has 1 amide bonds. The summed E-state index contributed by atoms with van der Waals surface area (Å²) in [5.41, 5.74) is 1.01. The number of benzene rings is 1. The van der Waals surface area contributed by atoms with Crippen LogP contribution in [0.2, 0.25) is 5.02 Å². The van der Waals surface area contributed by atoms with E-state index >= 15 is 0 Å². The second kappa shape index (κ2) is 7.07. The van der Waals surface area contributed by atoms with E-state index in [2.05, 4.69) is 10.2 Å². The van der Waals surface area contributed by atoms with Crippen molar-refractivity contribution in [1.82, 2.24) is 10.2 Å². The van der Waals surface area contributed by atoms with Crippen molar-refractivity contribution in [3.8, 4) is 5.75 Å². The minimum atomic E-state index is 0.0247. The Labute approximate surface area is 148 Å². The molecule has 0 radical (unpaired) electrons. The molecule has 5 nitrogen and oxygen atoms in total. The van der Waals surface area contributed by atoms with Crippen LogP contribution in [0.15, 0.2) is 22.5 Å². The number of hydrogen-bond donors (Lipinski definition) is 0. The standard InChI is InChI=1S/C15H16ClN3O2S2/c1-9(20)19(12-4-5-12)14-17-18-15(23-14)22-8-10-7-11(16)3-6-13(10)21-2/h3,6-7,12H,4-5,8H2,1-2H3. The predicted octanol–water partition coefficient (Wildman–Crippen LogP) is 4.01. The van der Waals surface area contributed by atoms with E-state index in [0.29, 0.717) is 21.9 Å². The molecule has 122 valence electrons. The van der Waals surface area contributed by atoms with E-state index in [0.717, 1.165) is 28.5 Å². The van der Waals surface area contributed by atoms with Gasteiger partial charge in [0, 0.05) is 29.3 Å². The Morgan fingerprint density at radius 1 is 1.48 bits per heavy atom. The molecule has 3 rings (SSSR count). The van der Waals surface area contributed by atoms with E-state index < -0.39 is 0 Å². The first-order valence-electron chi connectivity index (χ1n) is 7.17. The second-order valence-electron chi connectivity index (χ2n) is 5.22. The van der Waals surface area contributed by atoms with Gasteiger partial charge in [0.1, 0.15) is 5.75 Å². The Kier molecular flexibility index (Phi) is 5.08. The number of nitrogens with zero attached hydrogens (tertiary/aromatic N) is 3. The molecule has 2 aromatic rings. The molecule has 1 aromatic heterocycles. The number of rotatable bonds is 6. The topological polar surface area (TPSA) is 55.3 Å². The SMILES string of the molecule is COc1ccc(Cl)cc1CSc1nnc(N(C(C)=O)C2CC2)s1. The fourth-order valence-corrected chi connectivity index (χ4v) is 4.37. The fourth-order valence-electron chi connectivity index (χ4n) is 2.24. The predicted molar refractivity (Wildman–Crippen MR) is 93.7 cm³/mol. The Morgan fingerprint density at radius 2 is 2.26 bits per heavy atom. The lowest BCUT2D eigenvalue weighted by Gasteiger charge is -2.15. The molecule has 1 heterocycles. The number of carbonyl (C=O) groups excluding carboxylic acids is 1. The minimum Gasteiger partial charge on any atom is -0.496 e. The zero-order valence-corrected chi connectivity index (χ0v) is 15.2. The first-order valence-corrected chi connectivity index (χ1v) is 9.35. The summed E-state index contributed by atoms with van der Waals surface area (Å²) < 4.78 is 6.17. The van der Waals surface area contributed by atoms with Gasteiger partial charge in [0.05, 0.1) is 7.11 Å². The third-order valence-electron chi connectivity index (χ3n) is 3.45. The summed E-state index contributed by atoms with van der Waals surface area (Å²) in [6, 6.07) is 5.85. The summed E-state index contributed by atoms with van der Waals surface area (Å²) in [6.45, 7) is 1.57. The minimum absolute atomic E-state index is 0.0247. The molecule has 1 aliphatic rings. The average molecular weight is 370 g/mol. The molecular formula is C15H16ClN3O2S2. The number of carbonyl (C=O) groups is 1. The van der Waals surface area contributed by atoms with Crippen molar-refractivity contribution in [3.63, 3.8) is 0 Å². The number of hydrogen-bond acceptors (Lipinski definition) is 6. The Morgan fingerprint density at radius 3 is 2.91 bits per heavy atom. The lowest BCUT2D eigenvalue weighted by molar-refractivity contribution is -0.116. The highest BCUT2D eigenvalue weighted by Gasteiger charge is 2.34. The number of thioether (sulfide) groups is 1. The van der Waals surface area contributed by atoms with Gasteiger partial charge in [-0.05, 0) is 31.0 Å².